The molecule has 0 aromatic heterocycles. The first-order valence-electron chi connectivity index (χ1n) is 6.19. The van der Waals surface area contributed by atoms with Crippen LogP contribution in [0.25, 0.3) is 0 Å². The molecule has 0 saturated carbocycles. The molecular weight excluding hydrogens is 214 g/mol. The summed E-state index contributed by atoms with van der Waals surface area (Å²) in [6.07, 6.45) is 2.82. The lowest BCUT2D eigenvalue weighted by molar-refractivity contribution is 0.0979. The van der Waals surface area contributed by atoms with E-state index < -0.39 is 0 Å². The zero-order valence-corrected chi connectivity index (χ0v) is 10.3. The molecule has 1 aliphatic heterocycles. The number of fused-ring (bicyclic) bond motifs is 1. The average Bonchev–Trinajstić information content (AvgIpc) is 2.37. The van der Waals surface area contributed by atoms with Crippen LogP contribution in [0.15, 0.2) is 24.3 Å². The first kappa shape index (κ1) is 12.1. The predicted molar refractivity (Wildman–Crippen MR) is 68.7 cm³/mol. The van der Waals surface area contributed by atoms with Gasteiger partial charge >= 0.3 is 0 Å². The van der Waals surface area contributed by atoms with E-state index in [1.807, 2.05) is 24.3 Å². The summed E-state index contributed by atoms with van der Waals surface area (Å²) in [6.45, 7) is 2.67. The van der Waals surface area contributed by atoms with E-state index in [9.17, 15) is 4.79 Å². The van der Waals surface area contributed by atoms with Crippen molar-refractivity contribution in [2.75, 3.05) is 31.7 Å². The third kappa shape index (κ3) is 2.86. The van der Waals surface area contributed by atoms with E-state index in [1.165, 1.54) is 0 Å². The number of methoxy groups -OCH3 is 1. The van der Waals surface area contributed by atoms with Crippen LogP contribution in [-0.4, -0.2) is 32.6 Å². The van der Waals surface area contributed by atoms with Gasteiger partial charge in [-0.25, -0.2) is 0 Å². The highest BCUT2D eigenvalue weighted by atomic mass is 16.5. The highest BCUT2D eigenvalue weighted by Crippen LogP contribution is 2.26. The zero-order valence-electron chi connectivity index (χ0n) is 10.3. The lowest BCUT2D eigenvalue weighted by Gasteiger charge is -2.30. The molecule has 1 aromatic carbocycles. The first-order valence-corrected chi connectivity index (χ1v) is 6.19. The maximum atomic E-state index is 11.8. The molecule has 0 bridgehead atoms. The highest BCUT2D eigenvalue weighted by Gasteiger charge is 2.21. The summed E-state index contributed by atoms with van der Waals surface area (Å²) in [6, 6.07) is 7.91. The number of hydrogen-bond donors (Lipinski definition) is 0. The van der Waals surface area contributed by atoms with Crippen molar-refractivity contribution in [3.63, 3.8) is 0 Å². The van der Waals surface area contributed by atoms with Crippen LogP contribution in [0.3, 0.4) is 0 Å². The summed E-state index contributed by atoms with van der Waals surface area (Å²) in [7, 11) is 1.73. The fourth-order valence-electron chi connectivity index (χ4n) is 2.26. The second-order valence-corrected chi connectivity index (χ2v) is 4.38. The van der Waals surface area contributed by atoms with E-state index in [-0.39, 0.29) is 5.78 Å². The van der Waals surface area contributed by atoms with Crippen LogP contribution < -0.4 is 4.90 Å². The van der Waals surface area contributed by atoms with Gasteiger partial charge in [0.05, 0.1) is 0 Å². The number of unbranched alkanes of at least 4 members (excludes halogenated alkanes) is 1. The van der Waals surface area contributed by atoms with Crippen LogP contribution in [0, 0.1) is 0 Å². The molecule has 0 fully saturated rings. The van der Waals surface area contributed by atoms with E-state index in [0.29, 0.717) is 6.42 Å². The molecule has 17 heavy (non-hydrogen) atoms. The largest absolute Gasteiger partial charge is 0.385 e. The van der Waals surface area contributed by atoms with E-state index >= 15 is 0 Å². The Kier molecular flexibility index (Phi) is 4.15. The number of ketones is 1. The Morgan fingerprint density at radius 3 is 2.94 bits per heavy atom. The molecule has 0 aliphatic carbocycles. The van der Waals surface area contributed by atoms with Gasteiger partial charge in [0.25, 0.3) is 0 Å². The van der Waals surface area contributed by atoms with Gasteiger partial charge in [0.1, 0.15) is 0 Å². The molecule has 0 unspecified atom stereocenters. The van der Waals surface area contributed by atoms with Gasteiger partial charge in [0.15, 0.2) is 5.78 Å². The second kappa shape index (κ2) is 5.82. The maximum absolute atomic E-state index is 11.8. The minimum Gasteiger partial charge on any atom is -0.385 e. The number of Topliss-reactive ketones (excluding diaryl/α,β-unsaturated/α-hetero) is 1. The third-order valence-corrected chi connectivity index (χ3v) is 3.18. The summed E-state index contributed by atoms with van der Waals surface area (Å²) in [5.41, 5.74) is 1.98. The number of rotatable bonds is 5. The molecular formula is C14H19NO2. The molecule has 0 saturated heterocycles. The Morgan fingerprint density at radius 2 is 2.12 bits per heavy atom. The summed E-state index contributed by atoms with van der Waals surface area (Å²) >= 11 is 0. The minimum absolute atomic E-state index is 0.272. The summed E-state index contributed by atoms with van der Waals surface area (Å²) in [5, 5.41) is 0. The third-order valence-electron chi connectivity index (χ3n) is 3.18. The molecule has 1 aromatic rings. The van der Waals surface area contributed by atoms with E-state index in [2.05, 4.69) is 4.90 Å². The molecule has 1 heterocycles. The molecule has 92 valence electrons. The van der Waals surface area contributed by atoms with Crippen molar-refractivity contribution >= 4 is 11.5 Å². The molecule has 0 atom stereocenters. The Labute approximate surface area is 102 Å². The number of ether oxygens (including phenoxy) is 1. The molecule has 0 amide bonds. The van der Waals surface area contributed by atoms with Gasteiger partial charge in [0.2, 0.25) is 0 Å². The van der Waals surface area contributed by atoms with Gasteiger partial charge in [-0.05, 0) is 25.0 Å². The molecule has 3 nitrogen and oxygen atoms in total. The Balaban J connectivity index is 2.00. The smallest absolute Gasteiger partial charge is 0.166 e. The monoisotopic (exact) mass is 233 g/mol. The maximum Gasteiger partial charge on any atom is 0.166 e. The zero-order chi connectivity index (χ0) is 12.1. The predicted octanol–water partition coefficient (Wildman–Crippen LogP) is 2.51. The van der Waals surface area contributed by atoms with Gasteiger partial charge in [-0.2, -0.15) is 0 Å². The molecule has 1 aliphatic rings. The van der Waals surface area contributed by atoms with Crippen LogP contribution in [0.1, 0.15) is 29.6 Å². The fourth-order valence-corrected chi connectivity index (χ4v) is 2.26. The number of benzene rings is 1. The number of carbonyl (C=O) groups excluding carboxylic acids is 1. The summed E-state index contributed by atoms with van der Waals surface area (Å²) < 4.78 is 5.05. The second-order valence-electron chi connectivity index (χ2n) is 4.38. The molecule has 0 N–H and O–H groups in total. The Hall–Kier alpha value is -1.35. The summed E-state index contributed by atoms with van der Waals surface area (Å²) in [4.78, 5) is 14.1. The topological polar surface area (TPSA) is 29.5 Å². The number of para-hydroxylation sites is 1. The lowest BCUT2D eigenvalue weighted by Crippen LogP contribution is -2.32. The van der Waals surface area contributed by atoms with Crippen LogP contribution in [0.5, 0.6) is 0 Å². The lowest BCUT2D eigenvalue weighted by atomic mass is 10.0. The minimum atomic E-state index is 0.272. The van der Waals surface area contributed by atoms with Crippen LogP contribution >= 0.6 is 0 Å². The standard InChI is InChI=1S/C14H19NO2/c1-17-11-5-4-9-15-10-8-14(16)12-6-2-3-7-13(12)15/h2-3,6-7H,4-5,8-11H2,1H3. The van der Waals surface area contributed by atoms with Gasteiger partial charge in [-0.3, -0.25) is 4.79 Å². The molecule has 2 rings (SSSR count). The molecule has 0 radical (unpaired) electrons. The van der Waals surface area contributed by atoms with E-state index in [1.54, 1.807) is 7.11 Å². The number of nitrogens with zero attached hydrogens (tertiary/aromatic N) is 1. The van der Waals surface area contributed by atoms with Gasteiger partial charge < -0.3 is 9.64 Å². The quantitative estimate of drug-likeness (QED) is 0.732. The average molecular weight is 233 g/mol. The van der Waals surface area contributed by atoms with Gasteiger partial charge in [0, 0.05) is 44.5 Å². The summed E-state index contributed by atoms with van der Waals surface area (Å²) in [5.74, 6) is 0.272. The van der Waals surface area contributed by atoms with Gasteiger partial charge in [-0.15, -0.1) is 0 Å². The van der Waals surface area contributed by atoms with E-state index in [0.717, 1.165) is 43.8 Å². The van der Waals surface area contributed by atoms with Crippen molar-refractivity contribution in [3.05, 3.63) is 29.8 Å². The number of carbonyl (C=O) groups is 1. The Morgan fingerprint density at radius 1 is 1.29 bits per heavy atom. The van der Waals surface area contributed by atoms with Crippen LogP contribution in [0.4, 0.5) is 5.69 Å². The fraction of sp³-hybridized carbons (Fsp3) is 0.500. The molecule has 3 heteroatoms. The molecule has 0 spiro atoms. The van der Waals surface area contributed by atoms with Crippen LogP contribution in [-0.2, 0) is 4.74 Å². The van der Waals surface area contributed by atoms with E-state index in [4.69, 9.17) is 4.74 Å². The van der Waals surface area contributed by atoms with Crippen molar-refractivity contribution in [1.82, 2.24) is 0 Å². The van der Waals surface area contributed by atoms with Crippen molar-refractivity contribution in [2.45, 2.75) is 19.3 Å². The Bertz CT molecular complexity index is 390. The number of hydrogen-bond acceptors (Lipinski definition) is 3. The van der Waals surface area contributed by atoms with Crippen molar-refractivity contribution in [3.8, 4) is 0 Å². The van der Waals surface area contributed by atoms with Crippen molar-refractivity contribution in [2.24, 2.45) is 0 Å². The van der Waals surface area contributed by atoms with Crippen molar-refractivity contribution < 1.29 is 9.53 Å². The van der Waals surface area contributed by atoms with Gasteiger partial charge in [-0.1, -0.05) is 12.1 Å². The van der Waals surface area contributed by atoms with Crippen molar-refractivity contribution in [1.29, 1.82) is 0 Å². The normalized spacial score (nSPS) is 14.9. The van der Waals surface area contributed by atoms with Crippen LogP contribution in [0.2, 0.25) is 0 Å². The SMILES string of the molecule is COCCCCN1CCC(=O)c2ccccc21. The highest BCUT2D eigenvalue weighted by molar-refractivity contribution is 6.03. The first-order chi connectivity index (χ1) is 8.33. The number of anilines is 1.